The Morgan fingerprint density at radius 2 is 0.864 bits per heavy atom. The van der Waals surface area contributed by atoms with E-state index in [1.54, 1.807) is 0 Å². The summed E-state index contributed by atoms with van der Waals surface area (Å²) in [5.74, 6) is 0.712. The highest BCUT2D eigenvalue weighted by molar-refractivity contribution is 5.78. The van der Waals surface area contributed by atoms with Gasteiger partial charge in [-0.15, -0.1) is 0 Å². The Bertz CT molecular complexity index is 1590. The molecule has 1 nitrogen and oxygen atoms in total. The predicted molar refractivity (Wildman–Crippen MR) is 187 cm³/mol. The average molecular weight is 576 g/mol. The van der Waals surface area contributed by atoms with Crippen molar-refractivity contribution in [2.24, 2.45) is 0 Å². The van der Waals surface area contributed by atoms with E-state index >= 15 is 0 Å². The second-order valence-electron chi connectivity index (χ2n) is 13.1. The van der Waals surface area contributed by atoms with E-state index in [-0.39, 0.29) is 5.41 Å². The molecule has 7 rings (SSSR count). The molecule has 222 valence electrons. The molecule has 0 heterocycles. The van der Waals surface area contributed by atoms with Crippen molar-refractivity contribution in [3.05, 3.63) is 150 Å². The molecule has 5 aromatic carbocycles. The van der Waals surface area contributed by atoms with Crippen LogP contribution in [0.5, 0.6) is 0 Å². The first-order valence-corrected chi connectivity index (χ1v) is 17.0. The van der Waals surface area contributed by atoms with Gasteiger partial charge in [-0.25, -0.2) is 0 Å². The molecule has 0 amide bonds. The van der Waals surface area contributed by atoms with E-state index in [4.69, 9.17) is 0 Å². The van der Waals surface area contributed by atoms with Gasteiger partial charge in [-0.3, -0.25) is 0 Å². The summed E-state index contributed by atoms with van der Waals surface area (Å²) >= 11 is 0. The first kappa shape index (κ1) is 28.7. The SMILES string of the molecule is c1ccc(-c2ccc(N(c3ccc(C4CCCCC4)cc3)c3ccc(C4(c5ccccc5)CCCCCC4)cc3)cc2)cc1. The van der Waals surface area contributed by atoms with Crippen LogP contribution < -0.4 is 4.90 Å². The van der Waals surface area contributed by atoms with Crippen molar-refractivity contribution in [3.63, 3.8) is 0 Å². The zero-order chi connectivity index (χ0) is 29.6. The van der Waals surface area contributed by atoms with Crippen LogP contribution in [0.2, 0.25) is 0 Å². The molecule has 0 spiro atoms. The van der Waals surface area contributed by atoms with Gasteiger partial charge in [0, 0.05) is 22.5 Å². The van der Waals surface area contributed by atoms with Crippen molar-refractivity contribution in [3.8, 4) is 11.1 Å². The maximum atomic E-state index is 2.44. The van der Waals surface area contributed by atoms with Crippen LogP contribution in [0.4, 0.5) is 17.1 Å². The molecule has 0 N–H and O–H groups in total. The lowest BCUT2D eigenvalue weighted by Gasteiger charge is -2.35. The first-order valence-electron chi connectivity index (χ1n) is 17.0. The molecule has 1 heteroatoms. The molecule has 0 saturated heterocycles. The van der Waals surface area contributed by atoms with Gasteiger partial charge in [0.25, 0.3) is 0 Å². The maximum absolute atomic E-state index is 2.44. The van der Waals surface area contributed by atoms with E-state index in [0.717, 1.165) is 0 Å². The molecule has 2 fully saturated rings. The Morgan fingerprint density at radius 3 is 1.45 bits per heavy atom. The number of hydrogen-bond donors (Lipinski definition) is 0. The van der Waals surface area contributed by atoms with Gasteiger partial charge in [0.15, 0.2) is 0 Å². The van der Waals surface area contributed by atoms with Gasteiger partial charge in [0.05, 0.1) is 0 Å². The van der Waals surface area contributed by atoms with Gasteiger partial charge in [0.2, 0.25) is 0 Å². The molecule has 2 aliphatic carbocycles. The van der Waals surface area contributed by atoms with Gasteiger partial charge in [-0.1, -0.05) is 142 Å². The summed E-state index contributed by atoms with van der Waals surface area (Å²) in [5, 5.41) is 0. The summed E-state index contributed by atoms with van der Waals surface area (Å²) in [7, 11) is 0. The smallest absolute Gasteiger partial charge is 0.0462 e. The van der Waals surface area contributed by atoms with Crippen LogP contribution in [-0.2, 0) is 5.41 Å². The lowest BCUT2D eigenvalue weighted by atomic mass is 9.69. The van der Waals surface area contributed by atoms with Gasteiger partial charge in [-0.05, 0) is 95.8 Å². The summed E-state index contributed by atoms with van der Waals surface area (Å²) in [6, 6.07) is 50.1. The van der Waals surface area contributed by atoms with Crippen LogP contribution in [0.15, 0.2) is 133 Å². The fraction of sp³-hybridized carbons (Fsp3) is 0.302. The van der Waals surface area contributed by atoms with Crippen molar-refractivity contribution in [2.75, 3.05) is 4.90 Å². The number of nitrogens with zero attached hydrogens (tertiary/aromatic N) is 1. The van der Waals surface area contributed by atoms with E-state index in [0.29, 0.717) is 5.92 Å². The summed E-state index contributed by atoms with van der Waals surface area (Å²) in [5.41, 5.74) is 10.6. The van der Waals surface area contributed by atoms with Crippen LogP contribution in [0, 0.1) is 0 Å². The van der Waals surface area contributed by atoms with Crippen molar-refractivity contribution in [1.29, 1.82) is 0 Å². The van der Waals surface area contributed by atoms with Gasteiger partial charge < -0.3 is 4.90 Å². The van der Waals surface area contributed by atoms with Crippen LogP contribution in [-0.4, -0.2) is 0 Å². The van der Waals surface area contributed by atoms with Crippen LogP contribution in [0.25, 0.3) is 11.1 Å². The third kappa shape index (κ3) is 5.98. The van der Waals surface area contributed by atoms with Gasteiger partial charge >= 0.3 is 0 Å². The molecule has 0 aromatic heterocycles. The second kappa shape index (κ2) is 13.3. The second-order valence-corrected chi connectivity index (χ2v) is 13.1. The molecule has 0 unspecified atom stereocenters. The zero-order valence-electron chi connectivity index (χ0n) is 26.0. The molecule has 5 aromatic rings. The quantitative estimate of drug-likeness (QED) is 0.174. The molecule has 0 aliphatic heterocycles. The monoisotopic (exact) mass is 575 g/mol. The number of anilines is 3. The fourth-order valence-corrected chi connectivity index (χ4v) is 7.98. The molecular formula is C43H45N. The number of hydrogen-bond acceptors (Lipinski definition) is 1. The minimum Gasteiger partial charge on any atom is -0.311 e. The summed E-state index contributed by atoms with van der Waals surface area (Å²) in [6.07, 6.45) is 14.5. The molecular weight excluding hydrogens is 530 g/mol. The lowest BCUT2D eigenvalue weighted by molar-refractivity contribution is 0.443. The fourth-order valence-electron chi connectivity index (χ4n) is 7.98. The zero-order valence-corrected chi connectivity index (χ0v) is 26.0. The van der Waals surface area contributed by atoms with Crippen LogP contribution in [0.3, 0.4) is 0 Å². The van der Waals surface area contributed by atoms with E-state index < -0.39 is 0 Å². The minimum atomic E-state index is 0.0973. The predicted octanol–water partition coefficient (Wildman–Crippen LogP) is 12.5. The standard InChI is InChI=1S/C43H45N/c1-2-13-33-43(32-12-1,38-18-10-5-11-19-38)39-24-30-42(31-25-39)44(40-26-20-36(21-27-40)34-14-6-3-7-15-34)41-28-22-37(23-29-41)35-16-8-4-9-17-35/h3,5-7,10-11,14-15,18-31,35H,1-2,4,8-9,12-13,16-17,32-33H2. The summed E-state index contributed by atoms with van der Waals surface area (Å²) in [4.78, 5) is 2.44. The Morgan fingerprint density at radius 1 is 0.409 bits per heavy atom. The van der Waals surface area contributed by atoms with E-state index in [1.807, 2.05) is 0 Å². The molecule has 44 heavy (non-hydrogen) atoms. The largest absolute Gasteiger partial charge is 0.311 e. The van der Waals surface area contributed by atoms with Crippen molar-refractivity contribution >= 4 is 17.1 Å². The molecule has 0 bridgehead atoms. The topological polar surface area (TPSA) is 3.24 Å². The average Bonchev–Trinajstić information content (AvgIpc) is 3.38. The Hall–Kier alpha value is -4.10. The molecule has 0 radical (unpaired) electrons. The third-order valence-corrected chi connectivity index (χ3v) is 10.4. The minimum absolute atomic E-state index is 0.0973. The van der Waals surface area contributed by atoms with Crippen LogP contribution in [0.1, 0.15) is 93.2 Å². The number of benzene rings is 5. The summed E-state index contributed by atoms with van der Waals surface area (Å²) < 4.78 is 0. The van der Waals surface area contributed by atoms with Crippen molar-refractivity contribution in [2.45, 2.75) is 82.0 Å². The van der Waals surface area contributed by atoms with Gasteiger partial charge in [-0.2, -0.15) is 0 Å². The highest BCUT2D eigenvalue weighted by Crippen LogP contribution is 2.45. The summed E-state index contributed by atoms with van der Waals surface area (Å²) in [6.45, 7) is 0. The number of rotatable bonds is 7. The molecule has 2 aliphatic rings. The Balaban J connectivity index is 1.26. The van der Waals surface area contributed by atoms with E-state index in [1.165, 1.54) is 116 Å². The van der Waals surface area contributed by atoms with Crippen LogP contribution >= 0.6 is 0 Å². The lowest BCUT2D eigenvalue weighted by Crippen LogP contribution is -2.27. The third-order valence-electron chi connectivity index (χ3n) is 10.4. The Kier molecular flexibility index (Phi) is 8.64. The van der Waals surface area contributed by atoms with E-state index in [9.17, 15) is 0 Å². The normalized spacial score (nSPS) is 17.1. The maximum Gasteiger partial charge on any atom is 0.0462 e. The Labute approximate surface area is 264 Å². The highest BCUT2D eigenvalue weighted by atomic mass is 15.1. The van der Waals surface area contributed by atoms with Gasteiger partial charge in [0.1, 0.15) is 0 Å². The molecule has 2 saturated carbocycles. The van der Waals surface area contributed by atoms with Crippen molar-refractivity contribution < 1.29 is 0 Å². The first-order chi connectivity index (χ1) is 21.8. The molecule has 0 atom stereocenters. The van der Waals surface area contributed by atoms with E-state index in [2.05, 4.69) is 138 Å². The highest BCUT2D eigenvalue weighted by Gasteiger charge is 2.34. The van der Waals surface area contributed by atoms with Crippen molar-refractivity contribution in [1.82, 2.24) is 0 Å².